The molecule has 0 aliphatic heterocycles. The number of ether oxygens (including phenoxy) is 2. The van der Waals surface area contributed by atoms with Crippen molar-refractivity contribution in [2.45, 2.75) is 44.4 Å². The summed E-state index contributed by atoms with van der Waals surface area (Å²) in [6.45, 7) is 5.19. The van der Waals surface area contributed by atoms with E-state index in [2.05, 4.69) is 4.74 Å². The zero-order chi connectivity index (χ0) is 16.9. The lowest BCUT2D eigenvalue weighted by molar-refractivity contribution is -0.160. The smallest absolute Gasteiger partial charge is 0.336 e. The van der Waals surface area contributed by atoms with Gasteiger partial charge in [-0.15, -0.1) is 0 Å². The van der Waals surface area contributed by atoms with Crippen molar-refractivity contribution in [1.82, 2.24) is 0 Å². The Morgan fingerprint density at radius 1 is 1.14 bits per heavy atom. The largest absolute Gasteiger partial charge is 0.467 e. The molecule has 0 aromatic heterocycles. The number of aliphatic hydroxyl groups excluding tert-OH is 1. The molecule has 0 aliphatic rings. The molecule has 3 N–H and O–H groups in total. The summed E-state index contributed by atoms with van der Waals surface area (Å²) in [7, 11) is 1.14. The van der Waals surface area contributed by atoms with Crippen LogP contribution in [-0.4, -0.2) is 41.9 Å². The van der Waals surface area contributed by atoms with Crippen LogP contribution in [-0.2, 0) is 19.1 Å². The summed E-state index contributed by atoms with van der Waals surface area (Å²) in [5.74, 6) is -2.47. The number of hydrogen-bond acceptors (Lipinski definition) is 6. The number of benzene rings is 1. The van der Waals surface area contributed by atoms with Gasteiger partial charge in [0.25, 0.3) is 0 Å². The van der Waals surface area contributed by atoms with Crippen molar-refractivity contribution >= 4 is 11.9 Å². The van der Waals surface area contributed by atoms with Crippen LogP contribution in [0.15, 0.2) is 30.3 Å². The van der Waals surface area contributed by atoms with E-state index in [1.807, 2.05) is 0 Å². The molecule has 1 aromatic carbocycles. The molecule has 0 spiro atoms. The van der Waals surface area contributed by atoms with Gasteiger partial charge in [0.15, 0.2) is 6.10 Å². The zero-order valence-corrected chi connectivity index (χ0v) is 13.3. The second-order valence-electron chi connectivity index (χ2n) is 5.97. The molecule has 0 saturated heterocycles. The van der Waals surface area contributed by atoms with Crippen LogP contribution < -0.4 is 5.73 Å². The Balaban J connectivity index is 3.12. The molecule has 6 heteroatoms. The van der Waals surface area contributed by atoms with E-state index in [4.69, 9.17) is 10.5 Å². The molecule has 0 amide bonds. The Morgan fingerprint density at radius 2 is 1.68 bits per heavy atom. The quantitative estimate of drug-likeness (QED) is 0.786. The fourth-order valence-corrected chi connectivity index (χ4v) is 2.00. The van der Waals surface area contributed by atoms with Crippen LogP contribution in [0.1, 0.15) is 32.3 Å². The summed E-state index contributed by atoms with van der Waals surface area (Å²) >= 11 is 0. The highest BCUT2D eigenvalue weighted by Gasteiger charge is 2.38. The first-order valence-corrected chi connectivity index (χ1v) is 6.96. The van der Waals surface area contributed by atoms with E-state index in [9.17, 15) is 14.7 Å². The molecular formula is C16H23NO5. The second-order valence-corrected chi connectivity index (χ2v) is 5.97. The van der Waals surface area contributed by atoms with Gasteiger partial charge in [-0.05, 0) is 26.3 Å². The molecule has 122 valence electrons. The first-order valence-electron chi connectivity index (χ1n) is 6.96. The van der Waals surface area contributed by atoms with E-state index >= 15 is 0 Å². The maximum absolute atomic E-state index is 12.5. The minimum absolute atomic E-state index is 0.562. The molecule has 3 atom stereocenters. The van der Waals surface area contributed by atoms with Crippen molar-refractivity contribution in [2.75, 3.05) is 7.11 Å². The van der Waals surface area contributed by atoms with Crippen molar-refractivity contribution in [1.29, 1.82) is 0 Å². The van der Waals surface area contributed by atoms with Gasteiger partial charge in [-0.1, -0.05) is 30.3 Å². The summed E-state index contributed by atoms with van der Waals surface area (Å²) in [4.78, 5) is 23.9. The lowest BCUT2D eigenvalue weighted by Crippen LogP contribution is -2.48. The highest BCUT2D eigenvalue weighted by atomic mass is 16.6. The monoisotopic (exact) mass is 309 g/mol. The van der Waals surface area contributed by atoms with Crippen LogP contribution in [0.4, 0.5) is 0 Å². The molecular weight excluding hydrogens is 286 g/mol. The number of methoxy groups -OCH3 is 1. The molecule has 6 nitrogen and oxygen atoms in total. The number of carbonyl (C=O) groups excluding carboxylic acids is 2. The predicted molar refractivity (Wildman–Crippen MR) is 81.0 cm³/mol. The number of aliphatic hydroxyl groups is 1. The van der Waals surface area contributed by atoms with Gasteiger partial charge in [-0.2, -0.15) is 0 Å². The lowest BCUT2D eigenvalue weighted by Gasteiger charge is -2.29. The van der Waals surface area contributed by atoms with Gasteiger partial charge in [-0.25, -0.2) is 4.79 Å². The summed E-state index contributed by atoms with van der Waals surface area (Å²) in [6.07, 6.45) is -1.62. The van der Waals surface area contributed by atoms with E-state index in [0.29, 0.717) is 5.56 Å². The van der Waals surface area contributed by atoms with E-state index < -0.39 is 35.6 Å². The van der Waals surface area contributed by atoms with Crippen molar-refractivity contribution in [3.8, 4) is 0 Å². The first kappa shape index (κ1) is 18.1. The third-order valence-corrected chi connectivity index (χ3v) is 3.01. The summed E-state index contributed by atoms with van der Waals surface area (Å²) in [5, 5.41) is 9.96. The Kier molecular flexibility index (Phi) is 6.08. The molecule has 1 aromatic rings. The van der Waals surface area contributed by atoms with Gasteiger partial charge in [0.05, 0.1) is 13.2 Å². The molecule has 0 fully saturated rings. The highest BCUT2D eigenvalue weighted by molar-refractivity contribution is 5.82. The van der Waals surface area contributed by atoms with Gasteiger partial charge in [0.2, 0.25) is 0 Å². The molecule has 1 rings (SSSR count). The van der Waals surface area contributed by atoms with E-state index in [1.54, 1.807) is 51.1 Å². The van der Waals surface area contributed by atoms with E-state index in [-0.39, 0.29) is 0 Å². The molecule has 0 aliphatic carbocycles. The fourth-order valence-electron chi connectivity index (χ4n) is 2.00. The second kappa shape index (κ2) is 7.38. The third-order valence-electron chi connectivity index (χ3n) is 3.01. The van der Waals surface area contributed by atoms with Crippen LogP contribution >= 0.6 is 0 Å². The fraction of sp³-hybridized carbons (Fsp3) is 0.500. The molecule has 3 unspecified atom stereocenters. The summed E-state index contributed by atoms with van der Waals surface area (Å²) in [5.41, 5.74) is 5.79. The number of nitrogens with two attached hydrogens (primary N) is 1. The zero-order valence-electron chi connectivity index (χ0n) is 13.3. The molecule has 0 saturated carbocycles. The van der Waals surface area contributed by atoms with Crippen LogP contribution in [0.2, 0.25) is 0 Å². The van der Waals surface area contributed by atoms with Gasteiger partial charge in [0.1, 0.15) is 11.5 Å². The third kappa shape index (κ3) is 4.82. The van der Waals surface area contributed by atoms with Crippen molar-refractivity contribution in [3.05, 3.63) is 35.9 Å². The van der Waals surface area contributed by atoms with Gasteiger partial charge < -0.3 is 20.3 Å². The minimum Gasteiger partial charge on any atom is -0.467 e. The molecule has 0 radical (unpaired) electrons. The average Bonchev–Trinajstić information content (AvgIpc) is 2.45. The Hall–Kier alpha value is -1.92. The number of rotatable bonds is 5. The maximum Gasteiger partial charge on any atom is 0.336 e. The summed E-state index contributed by atoms with van der Waals surface area (Å²) in [6, 6.07) is 7.48. The lowest BCUT2D eigenvalue weighted by atomic mass is 9.88. The topological polar surface area (TPSA) is 98.9 Å². The molecule has 0 heterocycles. The predicted octanol–water partition coefficient (Wildman–Crippen LogP) is 0.973. The van der Waals surface area contributed by atoms with Crippen molar-refractivity contribution in [2.24, 2.45) is 5.73 Å². The standard InChI is InChI=1S/C16H23NO5/c1-16(2,3)22-14(19)11(10-8-6-5-7-9-10)12(17)13(18)15(20)21-4/h5-9,11-13,18H,17H2,1-4H3. The number of esters is 2. The number of carbonyl (C=O) groups is 2. The summed E-state index contributed by atoms with van der Waals surface area (Å²) < 4.78 is 9.84. The van der Waals surface area contributed by atoms with Crippen molar-refractivity contribution in [3.63, 3.8) is 0 Å². The van der Waals surface area contributed by atoms with Crippen LogP contribution in [0, 0.1) is 0 Å². The van der Waals surface area contributed by atoms with E-state index in [1.165, 1.54) is 0 Å². The van der Waals surface area contributed by atoms with Gasteiger partial charge in [-0.3, -0.25) is 4.79 Å². The first-order chi connectivity index (χ1) is 10.2. The van der Waals surface area contributed by atoms with Crippen LogP contribution in [0.3, 0.4) is 0 Å². The van der Waals surface area contributed by atoms with Gasteiger partial charge >= 0.3 is 11.9 Å². The van der Waals surface area contributed by atoms with Crippen LogP contribution in [0.5, 0.6) is 0 Å². The SMILES string of the molecule is COC(=O)C(O)C(N)C(C(=O)OC(C)(C)C)c1ccccc1. The minimum atomic E-state index is -1.62. The Labute approximate surface area is 130 Å². The highest BCUT2D eigenvalue weighted by Crippen LogP contribution is 2.25. The van der Waals surface area contributed by atoms with Crippen LogP contribution in [0.25, 0.3) is 0 Å². The molecule has 0 bridgehead atoms. The molecule has 22 heavy (non-hydrogen) atoms. The van der Waals surface area contributed by atoms with Crippen molar-refractivity contribution < 1.29 is 24.2 Å². The Morgan fingerprint density at radius 3 is 2.14 bits per heavy atom. The number of hydrogen-bond donors (Lipinski definition) is 2. The normalized spacial score (nSPS) is 15.5. The maximum atomic E-state index is 12.5. The Bertz CT molecular complexity index is 509. The average molecular weight is 309 g/mol. The van der Waals surface area contributed by atoms with Gasteiger partial charge in [0, 0.05) is 0 Å². The van der Waals surface area contributed by atoms with E-state index in [0.717, 1.165) is 7.11 Å².